The van der Waals surface area contributed by atoms with Crippen LogP contribution in [0.15, 0.2) is 24.3 Å². The highest BCUT2D eigenvalue weighted by molar-refractivity contribution is 5.19. The normalized spacial score (nSPS) is 19.7. The number of hydrogen-bond acceptors (Lipinski definition) is 5. The van der Waals surface area contributed by atoms with Crippen molar-refractivity contribution >= 4 is 0 Å². The molecule has 2 unspecified atom stereocenters. The molecule has 2 heterocycles. The van der Waals surface area contributed by atoms with Gasteiger partial charge in [0.1, 0.15) is 17.5 Å². The van der Waals surface area contributed by atoms with Crippen LogP contribution in [0, 0.1) is 12.7 Å². The Labute approximate surface area is 147 Å². The molecule has 0 spiro atoms. The molecule has 1 aromatic heterocycles. The number of likely N-dealkylation sites (N-methyl/N-ethyl adjacent to an activating group) is 1. The third-order valence-electron chi connectivity index (χ3n) is 5.11. The SMILES string of the molecule is Cc1nnc(CN(C)C2CCN(CC(O)c3cccc(F)c3)C2)n1C. The van der Waals surface area contributed by atoms with E-state index in [0.717, 1.165) is 37.7 Å². The van der Waals surface area contributed by atoms with E-state index in [4.69, 9.17) is 0 Å². The van der Waals surface area contributed by atoms with Crippen molar-refractivity contribution in [3.63, 3.8) is 0 Å². The Balaban J connectivity index is 1.53. The van der Waals surface area contributed by atoms with Gasteiger partial charge in [-0.2, -0.15) is 0 Å². The number of hydrogen-bond donors (Lipinski definition) is 1. The number of benzene rings is 1. The average molecular weight is 347 g/mol. The van der Waals surface area contributed by atoms with Crippen LogP contribution in [0.5, 0.6) is 0 Å². The Kier molecular flexibility index (Phi) is 5.46. The van der Waals surface area contributed by atoms with Gasteiger partial charge >= 0.3 is 0 Å². The molecule has 1 saturated heterocycles. The lowest BCUT2D eigenvalue weighted by Crippen LogP contribution is -2.35. The number of aliphatic hydroxyl groups is 1. The highest BCUT2D eigenvalue weighted by atomic mass is 19.1. The second-order valence-corrected chi connectivity index (χ2v) is 6.91. The van der Waals surface area contributed by atoms with E-state index >= 15 is 0 Å². The lowest BCUT2D eigenvalue weighted by molar-refractivity contribution is 0.119. The quantitative estimate of drug-likeness (QED) is 0.858. The first-order valence-corrected chi connectivity index (χ1v) is 8.65. The fourth-order valence-corrected chi connectivity index (χ4v) is 3.34. The molecule has 1 aromatic carbocycles. The van der Waals surface area contributed by atoms with Crippen molar-refractivity contribution in [2.75, 3.05) is 26.7 Å². The Hall–Kier alpha value is -1.83. The molecule has 1 aliphatic rings. The molecule has 0 saturated carbocycles. The molecule has 0 bridgehead atoms. The predicted molar refractivity (Wildman–Crippen MR) is 93.4 cm³/mol. The Morgan fingerprint density at radius 1 is 1.40 bits per heavy atom. The first kappa shape index (κ1) is 18.0. The van der Waals surface area contributed by atoms with Crippen LogP contribution in [-0.4, -0.2) is 62.4 Å². The highest BCUT2D eigenvalue weighted by Gasteiger charge is 2.28. The number of aliphatic hydroxyl groups excluding tert-OH is 1. The first-order chi connectivity index (χ1) is 11.9. The van der Waals surface area contributed by atoms with Crippen LogP contribution in [0.1, 0.15) is 29.7 Å². The van der Waals surface area contributed by atoms with Crippen LogP contribution in [0.3, 0.4) is 0 Å². The summed E-state index contributed by atoms with van der Waals surface area (Å²) in [6, 6.07) is 6.62. The van der Waals surface area contributed by atoms with E-state index in [-0.39, 0.29) is 5.82 Å². The summed E-state index contributed by atoms with van der Waals surface area (Å²) in [5.74, 6) is 1.56. The molecule has 1 N–H and O–H groups in total. The Bertz CT molecular complexity index is 719. The number of aryl methyl sites for hydroxylation is 1. The molecule has 2 atom stereocenters. The minimum absolute atomic E-state index is 0.311. The smallest absolute Gasteiger partial charge is 0.146 e. The predicted octanol–water partition coefficient (Wildman–Crippen LogP) is 1.50. The van der Waals surface area contributed by atoms with E-state index in [2.05, 4.69) is 27.0 Å². The summed E-state index contributed by atoms with van der Waals surface area (Å²) >= 11 is 0. The van der Waals surface area contributed by atoms with Crippen molar-refractivity contribution in [2.45, 2.75) is 32.0 Å². The maximum atomic E-state index is 13.3. The molecule has 25 heavy (non-hydrogen) atoms. The number of rotatable bonds is 6. The highest BCUT2D eigenvalue weighted by Crippen LogP contribution is 2.21. The monoisotopic (exact) mass is 347 g/mol. The Morgan fingerprint density at radius 3 is 2.88 bits per heavy atom. The summed E-state index contributed by atoms with van der Waals surface area (Å²) < 4.78 is 15.3. The van der Waals surface area contributed by atoms with Crippen molar-refractivity contribution in [1.82, 2.24) is 24.6 Å². The lowest BCUT2D eigenvalue weighted by Gasteiger charge is -2.25. The van der Waals surface area contributed by atoms with Crippen molar-refractivity contribution < 1.29 is 9.50 Å². The van der Waals surface area contributed by atoms with Crippen molar-refractivity contribution in [3.8, 4) is 0 Å². The van der Waals surface area contributed by atoms with Gasteiger partial charge in [-0.25, -0.2) is 4.39 Å². The van der Waals surface area contributed by atoms with Gasteiger partial charge in [-0.15, -0.1) is 10.2 Å². The van der Waals surface area contributed by atoms with Crippen molar-refractivity contribution in [1.29, 1.82) is 0 Å². The van der Waals surface area contributed by atoms with E-state index < -0.39 is 6.10 Å². The number of halogens is 1. The van der Waals surface area contributed by atoms with Crippen LogP contribution >= 0.6 is 0 Å². The number of likely N-dealkylation sites (tertiary alicyclic amines) is 1. The number of nitrogens with zero attached hydrogens (tertiary/aromatic N) is 5. The minimum Gasteiger partial charge on any atom is -0.387 e. The molecule has 136 valence electrons. The molecule has 7 heteroatoms. The summed E-state index contributed by atoms with van der Waals surface area (Å²) in [6.07, 6.45) is 0.379. The zero-order chi connectivity index (χ0) is 18.0. The summed E-state index contributed by atoms with van der Waals surface area (Å²) in [5.41, 5.74) is 0.631. The van der Waals surface area contributed by atoms with Gasteiger partial charge in [0.05, 0.1) is 12.6 Å². The molecule has 1 aliphatic heterocycles. The topological polar surface area (TPSA) is 57.4 Å². The first-order valence-electron chi connectivity index (χ1n) is 8.65. The molecular formula is C18H26FN5O. The van der Waals surface area contributed by atoms with Gasteiger partial charge in [-0.3, -0.25) is 9.80 Å². The minimum atomic E-state index is -0.666. The second kappa shape index (κ2) is 7.59. The van der Waals surface area contributed by atoms with Gasteiger partial charge in [0.25, 0.3) is 0 Å². The average Bonchev–Trinajstić information content (AvgIpc) is 3.17. The summed E-state index contributed by atoms with van der Waals surface area (Å²) in [7, 11) is 4.08. The van der Waals surface area contributed by atoms with Crippen LogP contribution < -0.4 is 0 Å². The molecule has 3 rings (SSSR count). The van der Waals surface area contributed by atoms with E-state index in [9.17, 15) is 9.50 Å². The van der Waals surface area contributed by atoms with E-state index in [1.54, 1.807) is 12.1 Å². The molecule has 0 amide bonds. The second-order valence-electron chi connectivity index (χ2n) is 6.91. The fourth-order valence-electron chi connectivity index (χ4n) is 3.34. The van der Waals surface area contributed by atoms with E-state index in [0.29, 0.717) is 18.2 Å². The van der Waals surface area contributed by atoms with Gasteiger partial charge in [-0.05, 0) is 44.6 Å². The number of β-amino-alcohol motifs (C(OH)–C–C–N with tert-alkyl or cyclic N) is 1. The van der Waals surface area contributed by atoms with Gasteiger partial charge in [0, 0.05) is 26.2 Å². The van der Waals surface area contributed by atoms with Gasteiger partial charge in [0.15, 0.2) is 0 Å². The van der Waals surface area contributed by atoms with Crippen molar-refractivity contribution in [3.05, 3.63) is 47.3 Å². The molecule has 2 aromatic rings. The van der Waals surface area contributed by atoms with Crippen LogP contribution in [0.4, 0.5) is 4.39 Å². The van der Waals surface area contributed by atoms with Crippen molar-refractivity contribution in [2.24, 2.45) is 7.05 Å². The van der Waals surface area contributed by atoms with Crippen LogP contribution in [0.25, 0.3) is 0 Å². The molecule has 0 radical (unpaired) electrons. The third kappa shape index (κ3) is 4.23. The largest absolute Gasteiger partial charge is 0.387 e. The maximum Gasteiger partial charge on any atom is 0.146 e. The third-order valence-corrected chi connectivity index (χ3v) is 5.11. The van der Waals surface area contributed by atoms with Gasteiger partial charge in [0.2, 0.25) is 0 Å². The van der Waals surface area contributed by atoms with E-state index in [1.807, 2.05) is 18.5 Å². The summed E-state index contributed by atoms with van der Waals surface area (Å²) in [4.78, 5) is 4.52. The van der Waals surface area contributed by atoms with Gasteiger partial charge in [-0.1, -0.05) is 12.1 Å². The fraction of sp³-hybridized carbons (Fsp3) is 0.556. The van der Waals surface area contributed by atoms with Crippen LogP contribution in [-0.2, 0) is 13.6 Å². The van der Waals surface area contributed by atoms with Crippen LogP contribution in [0.2, 0.25) is 0 Å². The lowest BCUT2D eigenvalue weighted by atomic mass is 10.1. The summed E-state index contributed by atoms with van der Waals surface area (Å²) in [6.45, 7) is 5.04. The molecule has 0 aliphatic carbocycles. The number of aromatic nitrogens is 3. The van der Waals surface area contributed by atoms with E-state index in [1.165, 1.54) is 12.1 Å². The molecule has 1 fully saturated rings. The maximum absolute atomic E-state index is 13.3. The molecule has 6 nitrogen and oxygen atoms in total. The van der Waals surface area contributed by atoms with Gasteiger partial charge < -0.3 is 9.67 Å². The zero-order valence-electron chi connectivity index (χ0n) is 15.1. The summed E-state index contributed by atoms with van der Waals surface area (Å²) in [5, 5.41) is 18.7. The molecular weight excluding hydrogens is 321 g/mol. The zero-order valence-corrected chi connectivity index (χ0v) is 15.1. The Morgan fingerprint density at radius 2 is 2.20 bits per heavy atom. The standard InChI is InChI=1S/C18H26FN5O/c1-13-20-21-18(23(13)3)12-22(2)16-7-8-24(10-16)11-17(25)14-5-4-6-15(19)9-14/h4-6,9,16-17,25H,7-8,10-12H2,1-3H3.